The van der Waals surface area contributed by atoms with Crippen molar-refractivity contribution in [1.82, 2.24) is 4.98 Å². The van der Waals surface area contributed by atoms with Gasteiger partial charge in [-0.3, -0.25) is 4.98 Å². The van der Waals surface area contributed by atoms with Gasteiger partial charge in [0.1, 0.15) is 5.75 Å². The Labute approximate surface area is 71.6 Å². The van der Waals surface area contributed by atoms with Crippen LogP contribution in [0, 0.1) is 11.3 Å². The van der Waals surface area contributed by atoms with Gasteiger partial charge in [0.15, 0.2) is 0 Å². The van der Waals surface area contributed by atoms with Crippen molar-refractivity contribution < 1.29 is 4.74 Å². The van der Waals surface area contributed by atoms with Crippen LogP contribution in [0.4, 0.5) is 0 Å². The monoisotopic (exact) mass is 162 g/mol. The summed E-state index contributed by atoms with van der Waals surface area (Å²) >= 11 is 0. The van der Waals surface area contributed by atoms with Crippen molar-refractivity contribution >= 4 is 0 Å². The summed E-state index contributed by atoms with van der Waals surface area (Å²) in [5.41, 5.74) is 0.836. The third-order valence-electron chi connectivity index (χ3n) is 1.69. The number of nitriles is 1. The van der Waals surface area contributed by atoms with Gasteiger partial charge in [-0.25, -0.2) is 0 Å². The predicted molar refractivity (Wildman–Crippen MR) is 44.8 cm³/mol. The summed E-state index contributed by atoms with van der Waals surface area (Å²) in [6.07, 6.45) is 3.30. The molecule has 1 aromatic rings. The van der Waals surface area contributed by atoms with Crippen LogP contribution in [-0.2, 0) is 0 Å². The second-order valence-corrected chi connectivity index (χ2v) is 2.47. The zero-order valence-corrected chi connectivity index (χ0v) is 7.11. The fourth-order valence-corrected chi connectivity index (χ4v) is 0.975. The van der Waals surface area contributed by atoms with Gasteiger partial charge in [-0.15, -0.1) is 0 Å². The maximum atomic E-state index is 8.67. The van der Waals surface area contributed by atoms with Gasteiger partial charge in [-0.2, -0.15) is 5.26 Å². The highest BCUT2D eigenvalue weighted by Gasteiger charge is 2.09. The summed E-state index contributed by atoms with van der Waals surface area (Å²) in [4.78, 5) is 3.93. The van der Waals surface area contributed by atoms with Crippen LogP contribution in [0.15, 0.2) is 18.5 Å². The lowest BCUT2D eigenvalue weighted by molar-refractivity contribution is 0.408. The van der Waals surface area contributed by atoms with Crippen LogP contribution in [-0.4, -0.2) is 12.1 Å². The number of aromatic nitrogens is 1. The molecule has 3 heteroatoms. The Morgan fingerprint density at radius 3 is 3.00 bits per heavy atom. The molecule has 62 valence electrons. The molecule has 1 rings (SSSR count). The summed E-state index contributed by atoms with van der Waals surface area (Å²) in [6.45, 7) is 1.82. The van der Waals surface area contributed by atoms with E-state index in [4.69, 9.17) is 10.00 Å². The highest BCUT2D eigenvalue weighted by Crippen LogP contribution is 2.23. The fraction of sp³-hybridized carbons (Fsp3) is 0.333. The number of nitrogens with zero attached hydrogens (tertiary/aromatic N) is 2. The Bertz CT molecular complexity index is 304. The molecule has 0 spiro atoms. The van der Waals surface area contributed by atoms with Crippen molar-refractivity contribution in [3.63, 3.8) is 0 Å². The molecule has 0 aliphatic rings. The van der Waals surface area contributed by atoms with Gasteiger partial charge in [-0.1, -0.05) is 0 Å². The molecule has 0 amide bonds. The minimum atomic E-state index is -0.173. The Kier molecular flexibility index (Phi) is 2.65. The Hall–Kier alpha value is -1.56. The second kappa shape index (κ2) is 3.72. The van der Waals surface area contributed by atoms with Crippen LogP contribution in [0.3, 0.4) is 0 Å². The second-order valence-electron chi connectivity index (χ2n) is 2.47. The van der Waals surface area contributed by atoms with Gasteiger partial charge in [0.25, 0.3) is 0 Å². The maximum absolute atomic E-state index is 8.67. The SMILES string of the molecule is COc1ccncc1C(C)C#N. The lowest BCUT2D eigenvalue weighted by Crippen LogP contribution is -1.95. The fourth-order valence-electron chi connectivity index (χ4n) is 0.975. The highest BCUT2D eigenvalue weighted by atomic mass is 16.5. The van der Waals surface area contributed by atoms with Crippen LogP contribution < -0.4 is 4.74 Å². The Morgan fingerprint density at radius 2 is 2.42 bits per heavy atom. The molecule has 1 atom stereocenters. The quantitative estimate of drug-likeness (QED) is 0.665. The first-order valence-electron chi connectivity index (χ1n) is 3.67. The van der Waals surface area contributed by atoms with E-state index in [0.29, 0.717) is 0 Å². The summed E-state index contributed by atoms with van der Waals surface area (Å²) < 4.78 is 5.08. The third-order valence-corrected chi connectivity index (χ3v) is 1.69. The molecule has 1 aromatic heterocycles. The third kappa shape index (κ3) is 1.54. The number of rotatable bonds is 2. The number of pyridine rings is 1. The van der Waals surface area contributed by atoms with Crippen LogP contribution in [0.2, 0.25) is 0 Å². The molecular formula is C9H10N2O. The molecule has 1 unspecified atom stereocenters. The summed E-state index contributed by atoms with van der Waals surface area (Å²) in [5, 5.41) is 8.67. The van der Waals surface area contributed by atoms with E-state index < -0.39 is 0 Å². The zero-order chi connectivity index (χ0) is 8.97. The van der Waals surface area contributed by atoms with Gasteiger partial charge in [0, 0.05) is 18.0 Å². The van der Waals surface area contributed by atoms with Crippen LogP contribution in [0.25, 0.3) is 0 Å². The molecule has 0 aromatic carbocycles. The lowest BCUT2D eigenvalue weighted by atomic mass is 10.0. The highest BCUT2D eigenvalue weighted by molar-refractivity contribution is 5.35. The van der Waals surface area contributed by atoms with E-state index in [2.05, 4.69) is 11.1 Å². The molecule has 0 saturated carbocycles. The molecule has 3 nitrogen and oxygen atoms in total. The summed E-state index contributed by atoms with van der Waals surface area (Å²) in [5.74, 6) is 0.549. The van der Waals surface area contributed by atoms with Crippen LogP contribution >= 0.6 is 0 Å². The Balaban J connectivity index is 3.06. The lowest BCUT2D eigenvalue weighted by Gasteiger charge is -2.07. The van der Waals surface area contributed by atoms with Crippen molar-refractivity contribution in [1.29, 1.82) is 5.26 Å². The molecule has 0 radical (unpaired) electrons. The number of ether oxygens (including phenoxy) is 1. The maximum Gasteiger partial charge on any atom is 0.126 e. The van der Waals surface area contributed by atoms with Crippen molar-refractivity contribution in [2.45, 2.75) is 12.8 Å². The molecule has 0 saturated heterocycles. The summed E-state index contributed by atoms with van der Waals surface area (Å²) in [6, 6.07) is 3.89. The van der Waals surface area contributed by atoms with E-state index in [1.165, 1.54) is 0 Å². The van der Waals surface area contributed by atoms with Crippen LogP contribution in [0.1, 0.15) is 18.4 Å². The molecule has 0 aliphatic heterocycles. The Morgan fingerprint density at radius 1 is 1.67 bits per heavy atom. The van der Waals surface area contributed by atoms with Crippen molar-refractivity contribution in [2.75, 3.05) is 7.11 Å². The normalized spacial score (nSPS) is 11.8. The first-order chi connectivity index (χ1) is 5.79. The van der Waals surface area contributed by atoms with Gasteiger partial charge in [0.05, 0.1) is 19.1 Å². The average molecular weight is 162 g/mol. The van der Waals surface area contributed by atoms with Gasteiger partial charge in [-0.05, 0) is 13.0 Å². The number of hydrogen-bond acceptors (Lipinski definition) is 3. The predicted octanol–water partition coefficient (Wildman–Crippen LogP) is 1.72. The number of hydrogen-bond donors (Lipinski definition) is 0. The largest absolute Gasteiger partial charge is 0.496 e. The molecular weight excluding hydrogens is 152 g/mol. The molecule has 0 N–H and O–H groups in total. The van der Waals surface area contributed by atoms with Crippen molar-refractivity contribution in [3.8, 4) is 11.8 Å². The van der Waals surface area contributed by atoms with E-state index in [9.17, 15) is 0 Å². The standard InChI is InChI=1S/C9H10N2O/c1-7(5-10)8-6-11-4-3-9(8)12-2/h3-4,6-7H,1-2H3. The minimum Gasteiger partial charge on any atom is -0.496 e. The van der Waals surface area contributed by atoms with Crippen molar-refractivity contribution in [2.24, 2.45) is 0 Å². The molecule has 0 aliphatic carbocycles. The van der Waals surface area contributed by atoms with Gasteiger partial charge >= 0.3 is 0 Å². The van der Waals surface area contributed by atoms with E-state index in [1.807, 2.05) is 6.92 Å². The zero-order valence-electron chi connectivity index (χ0n) is 7.11. The van der Waals surface area contributed by atoms with E-state index in [0.717, 1.165) is 11.3 Å². The van der Waals surface area contributed by atoms with Gasteiger partial charge in [0.2, 0.25) is 0 Å². The molecule has 0 fully saturated rings. The van der Waals surface area contributed by atoms with Gasteiger partial charge < -0.3 is 4.74 Å². The molecule has 0 bridgehead atoms. The van der Waals surface area contributed by atoms with E-state index >= 15 is 0 Å². The van der Waals surface area contributed by atoms with Crippen LogP contribution in [0.5, 0.6) is 5.75 Å². The topological polar surface area (TPSA) is 45.9 Å². The van der Waals surface area contributed by atoms with Crippen molar-refractivity contribution in [3.05, 3.63) is 24.0 Å². The average Bonchev–Trinajstić information content (AvgIpc) is 2.16. The molecule has 12 heavy (non-hydrogen) atoms. The van der Waals surface area contributed by atoms with E-state index in [-0.39, 0.29) is 5.92 Å². The first kappa shape index (κ1) is 8.54. The van der Waals surface area contributed by atoms with E-state index in [1.54, 1.807) is 25.6 Å². The number of methoxy groups -OCH3 is 1. The minimum absolute atomic E-state index is 0.173. The molecule has 1 heterocycles. The smallest absolute Gasteiger partial charge is 0.126 e. The first-order valence-corrected chi connectivity index (χ1v) is 3.67. The summed E-state index contributed by atoms with van der Waals surface area (Å²) in [7, 11) is 1.59.